The van der Waals surface area contributed by atoms with Gasteiger partial charge in [0, 0.05) is 5.56 Å². The molecule has 28 heavy (non-hydrogen) atoms. The van der Waals surface area contributed by atoms with Gasteiger partial charge >= 0.3 is 0 Å². The first-order chi connectivity index (χ1) is 13.7. The van der Waals surface area contributed by atoms with Crippen LogP contribution in [-0.2, 0) is 0 Å². The molecule has 134 valence electrons. The minimum absolute atomic E-state index is 0.119. The van der Waals surface area contributed by atoms with E-state index in [1.165, 1.54) is 21.5 Å². The zero-order valence-electron chi connectivity index (χ0n) is 15.0. The minimum Gasteiger partial charge on any atom is -0.368 e. The van der Waals surface area contributed by atoms with Gasteiger partial charge in [0.15, 0.2) is 5.82 Å². The maximum atomic E-state index is 5.67. The second kappa shape index (κ2) is 6.32. The van der Waals surface area contributed by atoms with Crippen LogP contribution in [0.25, 0.3) is 44.1 Å². The first-order valence-corrected chi connectivity index (χ1v) is 8.96. The maximum absolute atomic E-state index is 5.67. The van der Waals surface area contributed by atoms with Crippen LogP contribution in [0.4, 0.5) is 11.9 Å². The molecular formula is C23H17N5. The fourth-order valence-corrected chi connectivity index (χ4v) is 3.47. The third-order valence-corrected chi connectivity index (χ3v) is 4.85. The van der Waals surface area contributed by atoms with E-state index in [1.54, 1.807) is 0 Å². The average Bonchev–Trinajstić information content (AvgIpc) is 2.71. The van der Waals surface area contributed by atoms with E-state index in [-0.39, 0.29) is 11.9 Å². The number of rotatable bonds is 2. The summed E-state index contributed by atoms with van der Waals surface area (Å²) in [6.07, 6.45) is 0. The van der Waals surface area contributed by atoms with E-state index in [2.05, 4.69) is 69.5 Å². The van der Waals surface area contributed by atoms with Gasteiger partial charge in [-0.25, -0.2) is 0 Å². The van der Waals surface area contributed by atoms with Gasteiger partial charge < -0.3 is 11.5 Å². The van der Waals surface area contributed by atoms with Gasteiger partial charge in [-0.2, -0.15) is 15.0 Å². The Labute approximate surface area is 161 Å². The Kier molecular flexibility index (Phi) is 3.66. The van der Waals surface area contributed by atoms with Crippen molar-refractivity contribution in [3.63, 3.8) is 0 Å². The van der Waals surface area contributed by atoms with E-state index in [0.29, 0.717) is 5.82 Å². The lowest BCUT2D eigenvalue weighted by Crippen LogP contribution is -2.04. The smallest absolute Gasteiger partial charge is 0.225 e. The van der Waals surface area contributed by atoms with Crippen LogP contribution in [0.2, 0.25) is 0 Å². The molecule has 1 aromatic heterocycles. The molecule has 0 aliphatic carbocycles. The maximum Gasteiger partial charge on any atom is 0.225 e. The first kappa shape index (κ1) is 16.2. The van der Waals surface area contributed by atoms with Gasteiger partial charge in [0.05, 0.1) is 0 Å². The van der Waals surface area contributed by atoms with E-state index in [9.17, 15) is 0 Å². The molecule has 4 aromatic carbocycles. The third-order valence-electron chi connectivity index (χ3n) is 4.85. The van der Waals surface area contributed by atoms with Crippen LogP contribution < -0.4 is 11.5 Å². The summed E-state index contributed by atoms with van der Waals surface area (Å²) in [5, 5.41) is 4.95. The summed E-state index contributed by atoms with van der Waals surface area (Å²) >= 11 is 0. The Morgan fingerprint density at radius 3 is 1.68 bits per heavy atom. The summed E-state index contributed by atoms with van der Waals surface area (Å²) in [5.41, 5.74) is 14.5. The molecule has 5 rings (SSSR count). The van der Waals surface area contributed by atoms with Crippen molar-refractivity contribution in [2.75, 3.05) is 11.5 Å². The van der Waals surface area contributed by atoms with Gasteiger partial charge in [-0.1, -0.05) is 60.7 Å². The second-order valence-electron chi connectivity index (χ2n) is 6.71. The van der Waals surface area contributed by atoms with Gasteiger partial charge in [0.2, 0.25) is 11.9 Å². The lowest BCUT2D eigenvalue weighted by Gasteiger charge is -2.07. The molecule has 0 spiro atoms. The highest BCUT2D eigenvalue weighted by Crippen LogP contribution is 2.29. The SMILES string of the molecule is Nc1nc(N)nc(-c2ccc(-c3ccc4cc5ccccc5cc4c3)cc2)n1. The molecule has 0 unspecified atom stereocenters. The average molecular weight is 363 g/mol. The first-order valence-electron chi connectivity index (χ1n) is 8.96. The highest BCUT2D eigenvalue weighted by atomic mass is 15.1. The van der Waals surface area contributed by atoms with Gasteiger partial charge in [-0.15, -0.1) is 0 Å². The van der Waals surface area contributed by atoms with Crippen LogP contribution in [0.3, 0.4) is 0 Å². The standard InChI is InChI=1S/C23H17N5/c24-22-26-21(27-23(25)28-22)15-7-5-14(6-8-15)18-9-10-19-11-16-3-1-2-4-17(16)12-20(19)13-18/h1-13H,(H4,24,25,26,27,28). The van der Waals surface area contributed by atoms with Gasteiger partial charge in [-0.05, 0) is 50.9 Å². The summed E-state index contributed by atoms with van der Waals surface area (Å²) in [4.78, 5) is 12.1. The summed E-state index contributed by atoms with van der Waals surface area (Å²) in [6.45, 7) is 0. The summed E-state index contributed by atoms with van der Waals surface area (Å²) < 4.78 is 0. The van der Waals surface area contributed by atoms with Gasteiger partial charge in [-0.3, -0.25) is 0 Å². The number of nitrogen functional groups attached to an aromatic ring is 2. The predicted molar refractivity (Wildman–Crippen MR) is 115 cm³/mol. The van der Waals surface area contributed by atoms with Crippen molar-refractivity contribution in [1.82, 2.24) is 15.0 Å². The van der Waals surface area contributed by atoms with E-state index >= 15 is 0 Å². The molecule has 0 fully saturated rings. The van der Waals surface area contributed by atoms with Crippen LogP contribution in [-0.4, -0.2) is 15.0 Å². The summed E-state index contributed by atoms with van der Waals surface area (Å²) in [7, 11) is 0. The normalized spacial score (nSPS) is 11.1. The molecule has 5 aromatic rings. The molecular weight excluding hydrogens is 346 g/mol. The van der Waals surface area contributed by atoms with Gasteiger partial charge in [0.25, 0.3) is 0 Å². The number of aromatic nitrogens is 3. The third kappa shape index (κ3) is 2.89. The zero-order valence-corrected chi connectivity index (χ0v) is 15.0. The fourth-order valence-electron chi connectivity index (χ4n) is 3.47. The number of nitrogens with zero attached hydrogens (tertiary/aromatic N) is 3. The van der Waals surface area contributed by atoms with Crippen LogP contribution in [0, 0.1) is 0 Å². The van der Waals surface area contributed by atoms with E-state index < -0.39 is 0 Å². The quantitative estimate of drug-likeness (QED) is 0.445. The van der Waals surface area contributed by atoms with Crippen molar-refractivity contribution in [2.24, 2.45) is 0 Å². The Hall–Kier alpha value is -3.99. The minimum atomic E-state index is 0.119. The number of hydrogen-bond acceptors (Lipinski definition) is 5. The molecule has 0 amide bonds. The Balaban J connectivity index is 1.55. The number of anilines is 2. The van der Waals surface area contributed by atoms with Crippen molar-refractivity contribution in [1.29, 1.82) is 0 Å². The van der Waals surface area contributed by atoms with Crippen molar-refractivity contribution in [3.05, 3.63) is 78.9 Å². The van der Waals surface area contributed by atoms with Crippen molar-refractivity contribution in [3.8, 4) is 22.5 Å². The monoisotopic (exact) mass is 363 g/mol. The highest BCUT2D eigenvalue weighted by molar-refractivity contribution is 5.99. The number of fused-ring (bicyclic) bond motifs is 2. The molecule has 0 aliphatic rings. The lowest BCUT2D eigenvalue weighted by molar-refractivity contribution is 1.09. The molecule has 0 bridgehead atoms. The molecule has 0 radical (unpaired) electrons. The van der Waals surface area contributed by atoms with Crippen LogP contribution >= 0.6 is 0 Å². The zero-order chi connectivity index (χ0) is 19.1. The summed E-state index contributed by atoms with van der Waals surface area (Å²) in [5.74, 6) is 0.711. The number of benzene rings is 4. The fraction of sp³-hybridized carbons (Fsp3) is 0. The van der Waals surface area contributed by atoms with Crippen LogP contribution in [0.1, 0.15) is 0 Å². The topological polar surface area (TPSA) is 90.7 Å². The molecule has 0 saturated carbocycles. The number of nitrogens with two attached hydrogens (primary N) is 2. The van der Waals surface area contributed by atoms with Crippen LogP contribution in [0.5, 0.6) is 0 Å². The molecule has 0 aliphatic heterocycles. The van der Waals surface area contributed by atoms with Crippen LogP contribution in [0.15, 0.2) is 78.9 Å². The largest absolute Gasteiger partial charge is 0.368 e. The second-order valence-corrected chi connectivity index (χ2v) is 6.71. The Morgan fingerprint density at radius 1 is 0.464 bits per heavy atom. The molecule has 4 N–H and O–H groups in total. The molecule has 5 nitrogen and oxygen atoms in total. The summed E-state index contributed by atoms with van der Waals surface area (Å²) in [6, 6.07) is 27.4. The van der Waals surface area contributed by atoms with Crippen molar-refractivity contribution < 1.29 is 0 Å². The van der Waals surface area contributed by atoms with E-state index in [1.807, 2.05) is 24.3 Å². The number of hydrogen-bond donors (Lipinski definition) is 2. The highest BCUT2D eigenvalue weighted by Gasteiger charge is 2.07. The molecule has 0 saturated heterocycles. The van der Waals surface area contributed by atoms with E-state index in [4.69, 9.17) is 11.5 Å². The molecule has 1 heterocycles. The van der Waals surface area contributed by atoms with Crippen molar-refractivity contribution in [2.45, 2.75) is 0 Å². The Bertz CT molecular complexity index is 1310. The van der Waals surface area contributed by atoms with Gasteiger partial charge in [0.1, 0.15) is 0 Å². The van der Waals surface area contributed by atoms with Crippen molar-refractivity contribution >= 4 is 33.4 Å². The predicted octanol–water partition coefficient (Wildman–Crippen LogP) is 4.68. The Morgan fingerprint density at radius 2 is 1.00 bits per heavy atom. The van der Waals surface area contributed by atoms with E-state index in [0.717, 1.165) is 16.7 Å². The molecule has 5 heteroatoms. The molecule has 0 atom stereocenters. The lowest BCUT2D eigenvalue weighted by atomic mass is 9.98.